The molecule has 202 valence electrons. The van der Waals surface area contributed by atoms with Gasteiger partial charge in [-0.05, 0) is 91.7 Å². The second-order valence-electron chi connectivity index (χ2n) is 10.5. The van der Waals surface area contributed by atoms with E-state index in [2.05, 4.69) is 80.8 Å². The van der Waals surface area contributed by atoms with Gasteiger partial charge in [0.15, 0.2) is 0 Å². The average Bonchev–Trinajstić information content (AvgIpc) is 3.13. The highest BCUT2D eigenvalue weighted by Crippen LogP contribution is 2.31. The summed E-state index contributed by atoms with van der Waals surface area (Å²) < 4.78 is 7.55. The van der Waals surface area contributed by atoms with E-state index in [1.165, 1.54) is 11.1 Å². The maximum Gasteiger partial charge on any atom is 0.226 e. The van der Waals surface area contributed by atoms with Crippen LogP contribution in [0.4, 0.5) is 5.69 Å². The minimum absolute atomic E-state index is 0.0250. The van der Waals surface area contributed by atoms with E-state index in [1.807, 2.05) is 32.1 Å². The molecule has 0 saturated carbocycles. The van der Waals surface area contributed by atoms with Crippen molar-refractivity contribution >= 4 is 39.1 Å². The number of carbonyl (C=O) groups is 1. The summed E-state index contributed by atoms with van der Waals surface area (Å²) in [5.74, 6) is 0.560. The van der Waals surface area contributed by atoms with Crippen molar-refractivity contribution in [1.82, 2.24) is 4.90 Å². The number of ether oxygens (including phenoxy) is 1. The summed E-state index contributed by atoms with van der Waals surface area (Å²) >= 11 is 9.71. The summed E-state index contributed by atoms with van der Waals surface area (Å²) in [6.45, 7) is 7.54. The van der Waals surface area contributed by atoms with Crippen LogP contribution in [-0.4, -0.2) is 37.0 Å². The third-order valence-electron chi connectivity index (χ3n) is 7.29. The van der Waals surface area contributed by atoms with Crippen LogP contribution in [0.15, 0.2) is 87.9 Å². The van der Waals surface area contributed by atoms with Crippen LogP contribution in [0.1, 0.15) is 62.7 Å². The monoisotopic (exact) mass is 596 g/mol. The number of nitrogens with zero attached hydrogens (tertiary/aromatic N) is 1. The van der Waals surface area contributed by atoms with E-state index in [9.17, 15) is 4.79 Å². The zero-order valence-electron chi connectivity index (χ0n) is 22.3. The standard InChI is InChI=1S/C32H38BrClN2O2/c1-23(2)32(37)35-30-8-4-6-27(21-30)25-15-18-36(19-16-25)20-17-31(26-10-12-28(33)13-11-26)38-22-24-5-3-7-29(34)14-9-24/h4-14,21,23,25,31H,3,15-20,22H2,1-2H3,(H,35,37). The number of benzene rings is 2. The smallest absolute Gasteiger partial charge is 0.226 e. The predicted molar refractivity (Wildman–Crippen MR) is 162 cm³/mol. The molecule has 4 nitrogen and oxygen atoms in total. The van der Waals surface area contributed by atoms with E-state index in [0.29, 0.717) is 12.5 Å². The Kier molecular flexibility index (Phi) is 10.8. The van der Waals surface area contributed by atoms with Gasteiger partial charge in [-0.3, -0.25) is 4.79 Å². The van der Waals surface area contributed by atoms with Gasteiger partial charge in [-0.25, -0.2) is 0 Å². The summed E-state index contributed by atoms with van der Waals surface area (Å²) in [6.07, 6.45) is 12.2. The van der Waals surface area contributed by atoms with Crippen LogP contribution >= 0.6 is 27.5 Å². The Morgan fingerprint density at radius 1 is 1.11 bits per heavy atom. The molecule has 0 aromatic heterocycles. The predicted octanol–water partition coefficient (Wildman–Crippen LogP) is 8.38. The van der Waals surface area contributed by atoms with Gasteiger partial charge >= 0.3 is 0 Å². The van der Waals surface area contributed by atoms with Crippen LogP contribution in [0.5, 0.6) is 0 Å². The lowest BCUT2D eigenvalue weighted by Gasteiger charge is -2.33. The normalized spacial score (nSPS) is 17.6. The van der Waals surface area contributed by atoms with Crippen molar-refractivity contribution in [3.05, 3.63) is 99.0 Å². The van der Waals surface area contributed by atoms with E-state index >= 15 is 0 Å². The molecule has 4 rings (SSSR count). The minimum atomic E-state index is -0.0250. The molecule has 1 heterocycles. The Morgan fingerprint density at radius 2 is 1.87 bits per heavy atom. The summed E-state index contributed by atoms with van der Waals surface area (Å²) in [5, 5.41) is 3.81. The largest absolute Gasteiger partial charge is 0.369 e. The zero-order valence-corrected chi connectivity index (χ0v) is 24.7. The highest BCUT2D eigenvalue weighted by molar-refractivity contribution is 9.10. The second kappa shape index (κ2) is 14.3. The Labute approximate surface area is 240 Å². The fourth-order valence-corrected chi connectivity index (χ4v) is 5.34. The molecular weight excluding hydrogens is 560 g/mol. The van der Waals surface area contributed by atoms with Gasteiger partial charge in [-0.1, -0.05) is 83.9 Å². The van der Waals surface area contributed by atoms with Crippen molar-refractivity contribution in [1.29, 1.82) is 0 Å². The lowest BCUT2D eigenvalue weighted by molar-refractivity contribution is -0.118. The zero-order chi connectivity index (χ0) is 26.9. The van der Waals surface area contributed by atoms with Crippen molar-refractivity contribution in [3.8, 4) is 0 Å². The first-order valence-corrected chi connectivity index (χ1v) is 14.8. The van der Waals surface area contributed by atoms with Crippen molar-refractivity contribution in [2.24, 2.45) is 5.92 Å². The van der Waals surface area contributed by atoms with Crippen LogP contribution < -0.4 is 5.32 Å². The molecule has 1 fully saturated rings. The van der Waals surface area contributed by atoms with Gasteiger partial charge in [-0.15, -0.1) is 0 Å². The molecule has 6 heteroatoms. The van der Waals surface area contributed by atoms with Crippen LogP contribution in [-0.2, 0) is 9.53 Å². The van der Waals surface area contributed by atoms with Crippen LogP contribution in [0, 0.1) is 5.92 Å². The van der Waals surface area contributed by atoms with Crippen molar-refractivity contribution in [2.75, 3.05) is 31.6 Å². The lowest BCUT2D eigenvalue weighted by Crippen LogP contribution is -2.34. The summed E-state index contributed by atoms with van der Waals surface area (Å²) in [7, 11) is 0. The number of amides is 1. The van der Waals surface area contributed by atoms with Crippen LogP contribution in [0.2, 0.25) is 0 Å². The topological polar surface area (TPSA) is 41.6 Å². The lowest BCUT2D eigenvalue weighted by atomic mass is 9.89. The Morgan fingerprint density at radius 3 is 2.61 bits per heavy atom. The van der Waals surface area contributed by atoms with E-state index in [0.717, 1.165) is 66.1 Å². The number of nitrogens with one attached hydrogen (secondary N) is 1. The van der Waals surface area contributed by atoms with E-state index in [1.54, 1.807) is 0 Å². The third-order valence-corrected chi connectivity index (χ3v) is 8.10. The SMILES string of the molecule is CC(C)C(=O)Nc1cccc(C2CCN(CCC(OCC3=CCC=C(Cl)C=C3)c3ccc(Br)cc3)CC2)c1. The first-order valence-electron chi connectivity index (χ1n) is 13.6. The fraction of sp³-hybridized carbons (Fsp3) is 0.406. The quantitative estimate of drug-likeness (QED) is 0.299. The van der Waals surface area contributed by atoms with Crippen LogP contribution in [0.3, 0.4) is 0 Å². The maximum atomic E-state index is 12.1. The molecule has 38 heavy (non-hydrogen) atoms. The maximum absolute atomic E-state index is 12.1. The van der Waals surface area contributed by atoms with Gasteiger partial charge in [0.05, 0.1) is 12.7 Å². The number of anilines is 1. The highest BCUT2D eigenvalue weighted by Gasteiger charge is 2.22. The first kappa shape index (κ1) is 28.8. The van der Waals surface area contributed by atoms with Crippen molar-refractivity contribution in [2.45, 2.75) is 51.6 Å². The van der Waals surface area contributed by atoms with Crippen molar-refractivity contribution in [3.63, 3.8) is 0 Å². The molecule has 1 saturated heterocycles. The number of hydrogen-bond donors (Lipinski definition) is 1. The van der Waals surface area contributed by atoms with Crippen LogP contribution in [0.25, 0.3) is 0 Å². The van der Waals surface area contributed by atoms with Gasteiger partial charge in [0.1, 0.15) is 0 Å². The molecule has 1 amide bonds. The number of allylic oxidation sites excluding steroid dienone is 4. The molecular formula is C32H38BrClN2O2. The van der Waals surface area contributed by atoms with E-state index in [4.69, 9.17) is 16.3 Å². The molecule has 1 unspecified atom stereocenters. The molecule has 2 aromatic carbocycles. The average molecular weight is 598 g/mol. The number of likely N-dealkylation sites (tertiary alicyclic amines) is 1. The molecule has 0 bridgehead atoms. The number of halogens is 2. The molecule has 1 aliphatic heterocycles. The molecule has 2 aliphatic rings. The van der Waals surface area contributed by atoms with Gasteiger partial charge in [0.2, 0.25) is 5.91 Å². The fourth-order valence-electron chi connectivity index (χ4n) is 4.92. The van der Waals surface area contributed by atoms with Gasteiger partial charge in [0, 0.05) is 27.7 Å². The molecule has 0 radical (unpaired) electrons. The number of carbonyl (C=O) groups excluding carboxylic acids is 1. The minimum Gasteiger partial charge on any atom is -0.369 e. The first-order chi connectivity index (χ1) is 18.4. The summed E-state index contributed by atoms with van der Waals surface area (Å²) in [4.78, 5) is 14.7. The number of piperidine rings is 1. The third kappa shape index (κ3) is 8.67. The summed E-state index contributed by atoms with van der Waals surface area (Å²) in [6, 6.07) is 16.9. The molecule has 1 N–H and O–H groups in total. The van der Waals surface area contributed by atoms with Gasteiger partial charge < -0.3 is 15.0 Å². The molecule has 1 atom stereocenters. The highest BCUT2D eigenvalue weighted by atomic mass is 79.9. The van der Waals surface area contributed by atoms with Gasteiger partial charge in [-0.2, -0.15) is 0 Å². The molecule has 1 aliphatic carbocycles. The number of hydrogen-bond acceptors (Lipinski definition) is 3. The summed E-state index contributed by atoms with van der Waals surface area (Å²) in [5.41, 5.74) is 4.58. The Bertz CT molecular complexity index is 1160. The number of rotatable bonds is 10. The second-order valence-corrected chi connectivity index (χ2v) is 11.8. The van der Waals surface area contributed by atoms with E-state index in [-0.39, 0.29) is 17.9 Å². The van der Waals surface area contributed by atoms with E-state index < -0.39 is 0 Å². The Hall–Kier alpha value is -2.18. The van der Waals surface area contributed by atoms with Crippen molar-refractivity contribution < 1.29 is 9.53 Å². The molecule has 2 aromatic rings. The molecule has 0 spiro atoms. The Balaban J connectivity index is 1.31. The van der Waals surface area contributed by atoms with Gasteiger partial charge in [0.25, 0.3) is 0 Å².